The number of hydrogen-bond acceptors (Lipinski definition) is 2. The summed E-state index contributed by atoms with van der Waals surface area (Å²) in [5, 5.41) is 3.26. The van der Waals surface area contributed by atoms with E-state index in [0.717, 1.165) is 26.9 Å². The highest BCUT2D eigenvalue weighted by Crippen LogP contribution is 2.33. The average Bonchev–Trinajstić information content (AvgIpc) is 2.46. The molecule has 2 aromatic carbocycles. The van der Waals surface area contributed by atoms with E-state index in [4.69, 9.17) is 4.74 Å². The van der Waals surface area contributed by atoms with Gasteiger partial charge in [0.05, 0.1) is 12.6 Å². The first-order valence-electron chi connectivity index (χ1n) is 6.92. The maximum Gasteiger partial charge on any atom is 0.123 e. The Hall–Kier alpha value is -1.39. The highest BCUT2D eigenvalue weighted by atomic mass is 79.9. The molecule has 0 bridgehead atoms. The molecule has 0 fully saturated rings. The lowest BCUT2D eigenvalue weighted by Crippen LogP contribution is -2.19. The Bertz CT molecular complexity index is 630. The zero-order chi connectivity index (χ0) is 15.4. The molecule has 0 aliphatic rings. The van der Waals surface area contributed by atoms with E-state index in [9.17, 15) is 4.39 Å². The topological polar surface area (TPSA) is 21.3 Å². The van der Waals surface area contributed by atoms with Crippen LogP contribution in [0.3, 0.4) is 0 Å². The van der Waals surface area contributed by atoms with Crippen molar-refractivity contribution in [1.82, 2.24) is 5.32 Å². The summed E-state index contributed by atoms with van der Waals surface area (Å²) in [4.78, 5) is 0. The van der Waals surface area contributed by atoms with E-state index in [2.05, 4.69) is 21.2 Å². The predicted molar refractivity (Wildman–Crippen MR) is 87.4 cm³/mol. The highest BCUT2D eigenvalue weighted by molar-refractivity contribution is 9.10. The highest BCUT2D eigenvalue weighted by Gasteiger charge is 2.18. The molecule has 1 unspecified atom stereocenters. The van der Waals surface area contributed by atoms with Gasteiger partial charge in [0.1, 0.15) is 11.6 Å². The van der Waals surface area contributed by atoms with Crippen LogP contribution in [0.4, 0.5) is 4.39 Å². The molecule has 1 N–H and O–H groups in total. The van der Waals surface area contributed by atoms with E-state index in [-0.39, 0.29) is 11.9 Å². The number of hydrogen-bond donors (Lipinski definition) is 1. The van der Waals surface area contributed by atoms with Crippen LogP contribution in [0, 0.1) is 12.7 Å². The molecule has 0 saturated heterocycles. The van der Waals surface area contributed by atoms with Crippen LogP contribution in [-0.4, -0.2) is 13.7 Å². The molecule has 4 heteroatoms. The first kappa shape index (κ1) is 16.0. The predicted octanol–water partition coefficient (Wildman–Crippen LogP) is 4.60. The van der Waals surface area contributed by atoms with Crippen LogP contribution in [0.2, 0.25) is 0 Å². The molecule has 0 aliphatic heterocycles. The molecule has 1 atom stereocenters. The van der Waals surface area contributed by atoms with Gasteiger partial charge < -0.3 is 10.1 Å². The van der Waals surface area contributed by atoms with Crippen molar-refractivity contribution in [3.05, 3.63) is 63.4 Å². The summed E-state index contributed by atoms with van der Waals surface area (Å²) in [7, 11) is 1.87. The van der Waals surface area contributed by atoms with Crippen LogP contribution in [0.5, 0.6) is 5.75 Å². The monoisotopic (exact) mass is 351 g/mol. The van der Waals surface area contributed by atoms with E-state index in [1.165, 1.54) is 6.07 Å². The molecule has 2 rings (SSSR count). The maximum absolute atomic E-state index is 13.6. The second kappa shape index (κ2) is 7.05. The summed E-state index contributed by atoms with van der Waals surface area (Å²) < 4.78 is 20.0. The number of halogens is 2. The van der Waals surface area contributed by atoms with Crippen molar-refractivity contribution in [2.45, 2.75) is 19.9 Å². The fourth-order valence-corrected chi connectivity index (χ4v) is 2.99. The van der Waals surface area contributed by atoms with Crippen molar-refractivity contribution in [3.63, 3.8) is 0 Å². The molecule has 0 spiro atoms. The van der Waals surface area contributed by atoms with E-state index in [1.54, 1.807) is 12.1 Å². The third kappa shape index (κ3) is 3.63. The van der Waals surface area contributed by atoms with Gasteiger partial charge >= 0.3 is 0 Å². The number of ether oxygens (including phenoxy) is 1. The van der Waals surface area contributed by atoms with Crippen molar-refractivity contribution in [1.29, 1.82) is 0 Å². The Morgan fingerprint density at radius 1 is 1.19 bits per heavy atom. The minimum Gasteiger partial charge on any atom is -0.494 e. The average molecular weight is 352 g/mol. The van der Waals surface area contributed by atoms with Gasteiger partial charge in [-0.25, -0.2) is 4.39 Å². The molecule has 0 radical (unpaired) electrons. The van der Waals surface area contributed by atoms with Gasteiger partial charge in [0.2, 0.25) is 0 Å². The SMILES string of the molecule is CCOc1ccc(C(NC)c2cc(F)ccc2C)c(Br)c1. The van der Waals surface area contributed by atoms with Crippen molar-refractivity contribution in [2.75, 3.05) is 13.7 Å². The lowest BCUT2D eigenvalue weighted by Gasteiger charge is -2.21. The largest absolute Gasteiger partial charge is 0.494 e. The number of nitrogens with one attached hydrogen (secondary N) is 1. The molecule has 0 saturated carbocycles. The van der Waals surface area contributed by atoms with Gasteiger partial charge in [0, 0.05) is 4.47 Å². The van der Waals surface area contributed by atoms with Crippen molar-refractivity contribution in [2.24, 2.45) is 0 Å². The minimum atomic E-state index is -0.224. The molecular formula is C17H19BrFNO. The summed E-state index contributed by atoms with van der Waals surface area (Å²) in [5.74, 6) is 0.594. The van der Waals surface area contributed by atoms with Gasteiger partial charge in [-0.1, -0.05) is 28.1 Å². The molecular weight excluding hydrogens is 333 g/mol. The fourth-order valence-electron chi connectivity index (χ4n) is 2.40. The van der Waals surface area contributed by atoms with Gasteiger partial charge in [-0.3, -0.25) is 0 Å². The second-order valence-corrected chi connectivity index (χ2v) is 5.69. The molecule has 0 aromatic heterocycles. The molecule has 112 valence electrons. The smallest absolute Gasteiger partial charge is 0.123 e. The molecule has 0 aliphatic carbocycles. The Balaban J connectivity index is 2.44. The Kier molecular flexibility index (Phi) is 5.37. The van der Waals surface area contributed by atoms with E-state index in [1.807, 2.05) is 39.1 Å². The van der Waals surface area contributed by atoms with Gasteiger partial charge in [-0.15, -0.1) is 0 Å². The van der Waals surface area contributed by atoms with Gasteiger partial charge in [0.25, 0.3) is 0 Å². The lowest BCUT2D eigenvalue weighted by molar-refractivity contribution is 0.340. The second-order valence-electron chi connectivity index (χ2n) is 4.84. The van der Waals surface area contributed by atoms with E-state index >= 15 is 0 Å². The summed E-state index contributed by atoms with van der Waals surface area (Å²) in [6.07, 6.45) is 0. The Labute approximate surface area is 133 Å². The zero-order valence-corrected chi connectivity index (χ0v) is 14.0. The van der Waals surface area contributed by atoms with Gasteiger partial charge in [-0.2, -0.15) is 0 Å². The van der Waals surface area contributed by atoms with Crippen LogP contribution >= 0.6 is 15.9 Å². The lowest BCUT2D eigenvalue weighted by atomic mass is 9.95. The third-order valence-electron chi connectivity index (χ3n) is 3.43. The van der Waals surface area contributed by atoms with Crippen molar-refractivity contribution in [3.8, 4) is 5.75 Å². The van der Waals surface area contributed by atoms with E-state index < -0.39 is 0 Å². The van der Waals surface area contributed by atoms with Crippen LogP contribution < -0.4 is 10.1 Å². The zero-order valence-electron chi connectivity index (χ0n) is 12.4. The quantitative estimate of drug-likeness (QED) is 0.849. The van der Waals surface area contributed by atoms with Crippen LogP contribution in [0.1, 0.15) is 29.7 Å². The van der Waals surface area contributed by atoms with Gasteiger partial charge in [-0.05, 0) is 61.9 Å². The molecule has 2 nitrogen and oxygen atoms in total. The van der Waals surface area contributed by atoms with Crippen molar-refractivity contribution < 1.29 is 9.13 Å². The first-order chi connectivity index (χ1) is 10.1. The van der Waals surface area contributed by atoms with Crippen LogP contribution in [-0.2, 0) is 0 Å². The Morgan fingerprint density at radius 3 is 2.57 bits per heavy atom. The number of rotatable bonds is 5. The number of benzene rings is 2. The van der Waals surface area contributed by atoms with Crippen LogP contribution in [0.15, 0.2) is 40.9 Å². The first-order valence-corrected chi connectivity index (χ1v) is 7.71. The summed E-state index contributed by atoms with van der Waals surface area (Å²) in [6, 6.07) is 10.7. The third-order valence-corrected chi connectivity index (χ3v) is 4.12. The standard InChI is InChI=1S/C17H19BrFNO/c1-4-21-13-7-8-14(16(18)10-13)17(20-3)15-9-12(19)6-5-11(15)2/h5-10,17,20H,4H2,1-3H3. The molecule has 2 aromatic rings. The Morgan fingerprint density at radius 2 is 1.95 bits per heavy atom. The minimum absolute atomic E-state index is 0.0780. The normalized spacial score (nSPS) is 12.2. The summed E-state index contributed by atoms with van der Waals surface area (Å²) >= 11 is 3.59. The van der Waals surface area contributed by atoms with Gasteiger partial charge in [0.15, 0.2) is 0 Å². The van der Waals surface area contributed by atoms with Crippen LogP contribution in [0.25, 0.3) is 0 Å². The maximum atomic E-state index is 13.6. The summed E-state index contributed by atoms with van der Waals surface area (Å²) in [6.45, 7) is 4.57. The molecule has 0 amide bonds. The number of aryl methyl sites for hydroxylation is 1. The molecule has 0 heterocycles. The molecule has 21 heavy (non-hydrogen) atoms. The fraction of sp³-hybridized carbons (Fsp3) is 0.294. The van der Waals surface area contributed by atoms with E-state index in [0.29, 0.717) is 6.61 Å². The summed E-state index contributed by atoms with van der Waals surface area (Å²) in [5.41, 5.74) is 3.04. The van der Waals surface area contributed by atoms with Crippen molar-refractivity contribution >= 4 is 15.9 Å².